The molecule has 0 atom stereocenters. The summed E-state index contributed by atoms with van der Waals surface area (Å²) in [5, 5.41) is 9.30. The summed E-state index contributed by atoms with van der Waals surface area (Å²) in [5.74, 6) is 0.421. The highest BCUT2D eigenvalue weighted by Gasteiger charge is 2.34. The summed E-state index contributed by atoms with van der Waals surface area (Å²) in [5.41, 5.74) is 3.04. The highest BCUT2D eigenvalue weighted by molar-refractivity contribution is 7.98. The van der Waals surface area contributed by atoms with Gasteiger partial charge in [-0.05, 0) is 61.0 Å². The molecule has 0 aromatic heterocycles. The molecule has 0 radical (unpaired) electrons. The third-order valence-electron chi connectivity index (χ3n) is 3.66. The maximum atomic E-state index is 11.3. The molecule has 2 saturated carbocycles. The van der Waals surface area contributed by atoms with Crippen molar-refractivity contribution < 1.29 is 9.90 Å². The van der Waals surface area contributed by atoms with Crippen LogP contribution in [0.1, 0.15) is 59.0 Å². The molecular formula is C14H16O2S. The quantitative estimate of drug-likeness (QED) is 0.822. The Bertz CT molecular complexity index is 473. The van der Waals surface area contributed by atoms with Gasteiger partial charge >= 0.3 is 5.97 Å². The molecule has 1 aromatic carbocycles. The summed E-state index contributed by atoms with van der Waals surface area (Å²) in [6.07, 6.45) is 6.91. The van der Waals surface area contributed by atoms with Crippen LogP contribution in [0.3, 0.4) is 0 Å². The van der Waals surface area contributed by atoms with Gasteiger partial charge in [-0.25, -0.2) is 4.79 Å². The van der Waals surface area contributed by atoms with E-state index in [4.69, 9.17) is 0 Å². The number of carboxylic acid groups (broad SMARTS) is 1. The van der Waals surface area contributed by atoms with Gasteiger partial charge in [-0.15, -0.1) is 11.8 Å². The monoisotopic (exact) mass is 248 g/mol. The second kappa shape index (κ2) is 4.05. The zero-order chi connectivity index (χ0) is 12.0. The molecule has 0 unspecified atom stereocenters. The van der Waals surface area contributed by atoms with Gasteiger partial charge in [-0.2, -0.15) is 0 Å². The van der Waals surface area contributed by atoms with Crippen LogP contribution < -0.4 is 0 Å². The second-order valence-electron chi connectivity index (χ2n) is 5.00. The molecule has 0 heterocycles. The van der Waals surface area contributed by atoms with Gasteiger partial charge < -0.3 is 5.11 Å². The predicted octanol–water partition coefficient (Wildman–Crippen LogP) is 3.86. The van der Waals surface area contributed by atoms with Crippen molar-refractivity contribution in [2.45, 2.75) is 42.4 Å². The van der Waals surface area contributed by atoms with Gasteiger partial charge in [-0.1, -0.05) is 6.07 Å². The smallest absolute Gasteiger partial charge is 0.336 e. The topological polar surface area (TPSA) is 37.3 Å². The van der Waals surface area contributed by atoms with E-state index in [9.17, 15) is 9.90 Å². The van der Waals surface area contributed by atoms with Crippen LogP contribution in [0.15, 0.2) is 17.0 Å². The van der Waals surface area contributed by atoms with Gasteiger partial charge in [0.2, 0.25) is 0 Å². The van der Waals surface area contributed by atoms with Gasteiger partial charge in [0.05, 0.1) is 5.56 Å². The molecule has 90 valence electrons. The van der Waals surface area contributed by atoms with E-state index in [-0.39, 0.29) is 0 Å². The van der Waals surface area contributed by atoms with Crippen molar-refractivity contribution in [1.82, 2.24) is 0 Å². The van der Waals surface area contributed by atoms with E-state index in [2.05, 4.69) is 6.26 Å². The number of carbonyl (C=O) groups is 1. The number of aromatic carboxylic acids is 1. The SMILES string of the molecule is CSc1c(C2CC2)ccc(C(=O)O)c1C1CC1. The van der Waals surface area contributed by atoms with Gasteiger partial charge in [0.25, 0.3) is 0 Å². The Morgan fingerprint density at radius 3 is 2.35 bits per heavy atom. The summed E-state index contributed by atoms with van der Waals surface area (Å²) in [4.78, 5) is 12.6. The van der Waals surface area contributed by atoms with Gasteiger partial charge in [0, 0.05) is 4.90 Å². The minimum Gasteiger partial charge on any atom is -0.478 e. The van der Waals surface area contributed by atoms with Crippen molar-refractivity contribution in [3.63, 3.8) is 0 Å². The van der Waals surface area contributed by atoms with Crippen LogP contribution in [0, 0.1) is 0 Å². The number of benzene rings is 1. The lowest BCUT2D eigenvalue weighted by molar-refractivity contribution is 0.0695. The largest absolute Gasteiger partial charge is 0.478 e. The highest BCUT2D eigenvalue weighted by atomic mass is 32.2. The first-order valence-corrected chi connectivity index (χ1v) is 7.39. The standard InChI is InChI=1S/C14H16O2S/c1-17-13-10(8-2-3-8)6-7-11(14(15)16)12(13)9-4-5-9/h6-9H,2-5H2,1H3,(H,15,16). The van der Waals surface area contributed by atoms with Gasteiger partial charge in [-0.3, -0.25) is 0 Å². The maximum Gasteiger partial charge on any atom is 0.336 e. The molecule has 0 bridgehead atoms. The Morgan fingerprint density at radius 1 is 1.24 bits per heavy atom. The minimum atomic E-state index is -0.774. The lowest BCUT2D eigenvalue weighted by Gasteiger charge is -2.15. The number of hydrogen-bond acceptors (Lipinski definition) is 2. The fraction of sp³-hybridized carbons (Fsp3) is 0.500. The third kappa shape index (κ3) is 1.97. The fourth-order valence-corrected chi connectivity index (χ4v) is 3.49. The molecule has 0 aliphatic heterocycles. The zero-order valence-electron chi connectivity index (χ0n) is 9.90. The lowest BCUT2D eigenvalue weighted by Crippen LogP contribution is -2.05. The van der Waals surface area contributed by atoms with Crippen molar-refractivity contribution >= 4 is 17.7 Å². The molecule has 17 heavy (non-hydrogen) atoms. The van der Waals surface area contributed by atoms with Crippen molar-refractivity contribution in [2.24, 2.45) is 0 Å². The molecule has 2 fully saturated rings. The predicted molar refractivity (Wildman–Crippen MR) is 69.1 cm³/mol. The van der Waals surface area contributed by atoms with Gasteiger partial charge in [0.1, 0.15) is 0 Å². The normalized spacial score (nSPS) is 19.4. The summed E-state index contributed by atoms with van der Waals surface area (Å²) in [6.45, 7) is 0. The van der Waals surface area contributed by atoms with Crippen LogP contribution in [-0.4, -0.2) is 17.3 Å². The van der Waals surface area contributed by atoms with E-state index in [1.807, 2.05) is 12.1 Å². The molecule has 0 saturated heterocycles. The molecule has 2 nitrogen and oxygen atoms in total. The van der Waals surface area contributed by atoms with E-state index in [0.717, 1.165) is 18.4 Å². The lowest BCUT2D eigenvalue weighted by atomic mass is 9.98. The molecule has 3 heteroatoms. The van der Waals surface area contributed by atoms with E-state index in [0.29, 0.717) is 17.4 Å². The van der Waals surface area contributed by atoms with Crippen LogP contribution in [0.5, 0.6) is 0 Å². The summed E-state index contributed by atoms with van der Waals surface area (Å²) in [7, 11) is 0. The molecule has 3 rings (SSSR count). The van der Waals surface area contributed by atoms with E-state index in [1.54, 1.807) is 11.8 Å². The number of carboxylic acids is 1. The van der Waals surface area contributed by atoms with Crippen molar-refractivity contribution in [3.05, 3.63) is 28.8 Å². The van der Waals surface area contributed by atoms with Crippen LogP contribution in [0.2, 0.25) is 0 Å². The minimum absolute atomic E-state index is 0.502. The molecule has 2 aliphatic rings. The summed E-state index contributed by atoms with van der Waals surface area (Å²) < 4.78 is 0. The Kier molecular flexibility index (Phi) is 2.66. The van der Waals surface area contributed by atoms with Crippen LogP contribution in [0.25, 0.3) is 0 Å². The molecule has 0 spiro atoms. The maximum absolute atomic E-state index is 11.3. The Morgan fingerprint density at radius 2 is 1.88 bits per heavy atom. The molecule has 1 N–H and O–H groups in total. The first kappa shape index (κ1) is 11.1. The van der Waals surface area contributed by atoms with Crippen molar-refractivity contribution in [3.8, 4) is 0 Å². The Balaban J connectivity index is 2.15. The average molecular weight is 248 g/mol. The zero-order valence-corrected chi connectivity index (χ0v) is 10.7. The van der Waals surface area contributed by atoms with Crippen molar-refractivity contribution in [2.75, 3.05) is 6.26 Å². The molecule has 2 aliphatic carbocycles. The number of hydrogen-bond donors (Lipinski definition) is 1. The van der Waals surface area contributed by atoms with Crippen LogP contribution in [-0.2, 0) is 0 Å². The first-order chi connectivity index (χ1) is 8.22. The summed E-state index contributed by atoms with van der Waals surface area (Å²) >= 11 is 1.73. The third-order valence-corrected chi connectivity index (χ3v) is 4.53. The van der Waals surface area contributed by atoms with Gasteiger partial charge in [0.15, 0.2) is 0 Å². The molecular weight excluding hydrogens is 232 g/mol. The summed E-state index contributed by atoms with van der Waals surface area (Å²) in [6, 6.07) is 3.86. The Hall–Kier alpha value is -0.960. The van der Waals surface area contributed by atoms with Crippen LogP contribution >= 0.6 is 11.8 Å². The highest BCUT2D eigenvalue weighted by Crippen LogP contribution is 2.51. The first-order valence-electron chi connectivity index (χ1n) is 6.16. The van der Waals surface area contributed by atoms with Crippen LogP contribution in [0.4, 0.5) is 0 Å². The molecule has 0 amide bonds. The van der Waals surface area contributed by atoms with Crippen molar-refractivity contribution in [1.29, 1.82) is 0 Å². The average Bonchev–Trinajstić information content (AvgIpc) is 3.18. The number of thioether (sulfide) groups is 1. The number of rotatable bonds is 4. The van der Waals surface area contributed by atoms with E-state index in [1.165, 1.54) is 23.3 Å². The Labute approximate surface area is 105 Å². The fourth-order valence-electron chi connectivity index (χ4n) is 2.52. The molecule has 1 aromatic rings. The second-order valence-corrected chi connectivity index (χ2v) is 5.82. The van der Waals surface area contributed by atoms with E-state index >= 15 is 0 Å². The van der Waals surface area contributed by atoms with E-state index < -0.39 is 5.97 Å².